The van der Waals surface area contributed by atoms with E-state index in [-0.39, 0.29) is 30.4 Å². The van der Waals surface area contributed by atoms with Crippen molar-refractivity contribution in [1.82, 2.24) is 4.90 Å². The van der Waals surface area contributed by atoms with Gasteiger partial charge in [0, 0.05) is 12.2 Å². The zero-order valence-electron chi connectivity index (χ0n) is 20.9. The van der Waals surface area contributed by atoms with E-state index in [1.807, 2.05) is 35.2 Å². The normalized spacial score (nSPS) is 21.5. The largest absolute Gasteiger partial charge is 0.477 e. The molecule has 3 atom stereocenters. The third-order valence-electron chi connectivity index (χ3n) is 6.90. The average molecular weight is 501 g/mol. The fourth-order valence-corrected chi connectivity index (χ4v) is 7.80. The molecule has 3 aromatic carbocycles. The van der Waals surface area contributed by atoms with Gasteiger partial charge in [0.15, 0.2) is 0 Å². The van der Waals surface area contributed by atoms with Crippen molar-refractivity contribution < 1.29 is 14.3 Å². The van der Waals surface area contributed by atoms with Gasteiger partial charge in [-0.15, -0.1) is 0 Å². The Kier molecular flexibility index (Phi) is 7.67. The van der Waals surface area contributed by atoms with Crippen LogP contribution in [0, 0.1) is 5.92 Å². The van der Waals surface area contributed by atoms with Crippen LogP contribution in [-0.2, 0) is 16.1 Å². The standard InChI is InChI=1S/C30H33N2O3P/c1-22(2)27-21-34-29(31-27)28-18-26(19-32(28)30(33)35-20-23-12-6-3-7-13-23)36(24-14-8-4-9-15-24)25-16-10-5-11-17-25/h3-17,22,26-28H,18-21H2,1-2H3/t26-,27+,28-/m0/s1. The van der Waals surface area contributed by atoms with Crippen LogP contribution in [0.15, 0.2) is 96.0 Å². The molecule has 3 aromatic rings. The molecule has 0 aliphatic carbocycles. The van der Waals surface area contributed by atoms with E-state index in [1.165, 1.54) is 10.6 Å². The lowest BCUT2D eigenvalue weighted by atomic mass is 10.1. The molecule has 0 saturated carbocycles. The Morgan fingerprint density at radius 1 is 0.972 bits per heavy atom. The molecule has 0 bridgehead atoms. The van der Waals surface area contributed by atoms with Gasteiger partial charge in [-0.1, -0.05) is 105 Å². The minimum atomic E-state index is -0.681. The summed E-state index contributed by atoms with van der Waals surface area (Å²) in [4.78, 5) is 20.2. The monoisotopic (exact) mass is 500 g/mol. The Hall–Kier alpha value is -3.17. The molecule has 5 rings (SSSR count). The summed E-state index contributed by atoms with van der Waals surface area (Å²) in [6.07, 6.45) is 0.501. The third kappa shape index (κ3) is 5.47. The van der Waals surface area contributed by atoms with Crippen LogP contribution in [0.25, 0.3) is 0 Å². The Labute approximate surface area is 214 Å². The first-order valence-corrected chi connectivity index (χ1v) is 14.1. The Morgan fingerprint density at radius 3 is 2.11 bits per heavy atom. The highest BCUT2D eigenvalue weighted by atomic mass is 31.1. The molecular formula is C30H33N2O3P. The van der Waals surface area contributed by atoms with Crippen LogP contribution in [0.1, 0.15) is 25.8 Å². The summed E-state index contributed by atoms with van der Waals surface area (Å²) in [5.74, 6) is 1.08. The van der Waals surface area contributed by atoms with Gasteiger partial charge in [0.05, 0.1) is 6.04 Å². The molecule has 36 heavy (non-hydrogen) atoms. The second kappa shape index (κ2) is 11.3. The molecule has 1 saturated heterocycles. The van der Waals surface area contributed by atoms with Crippen LogP contribution in [0.3, 0.4) is 0 Å². The molecule has 0 N–H and O–H groups in total. The van der Waals surface area contributed by atoms with Crippen molar-refractivity contribution in [2.24, 2.45) is 10.9 Å². The number of amides is 1. The van der Waals surface area contributed by atoms with Gasteiger partial charge in [0.1, 0.15) is 19.3 Å². The molecule has 0 radical (unpaired) electrons. The van der Waals surface area contributed by atoms with Crippen LogP contribution in [0.4, 0.5) is 4.79 Å². The second-order valence-corrected chi connectivity index (χ2v) is 12.2. The van der Waals surface area contributed by atoms with Gasteiger partial charge in [-0.25, -0.2) is 9.79 Å². The molecule has 1 amide bonds. The first-order valence-electron chi connectivity index (χ1n) is 12.7. The molecule has 2 heterocycles. The van der Waals surface area contributed by atoms with Gasteiger partial charge in [0.2, 0.25) is 5.90 Å². The van der Waals surface area contributed by atoms with Crippen molar-refractivity contribution >= 4 is 30.5 Å². The topological polar surface area (TPSA) is 51.1 Å². The molecule has 1 fully saturated rings. The number of hydrogen-bond acceptors (Lipinski definition) is 4. The Bertz CT molecular complexity index is 1130. The SMILES string of the molecule is CC(C)[C@H]1COC([C@@H]2C[C@H](P(c3ccccc3)c3ccccc3)CN2C(=O)OCc2ccccc2)=N1. The van der Waals surface area contributed by atoms with Crippen molar-refractivity contribution in [3.05, 3.63) is 96.6 Å². The van der Waals surface area contributed by atoms with Gasteiger partial charge in [0.25, 0.3) is 0 Å². The van der Waals surface area contributed by atoms with Gasteiger partial charge in [-0.3, -0.25) is 4.90 Å². The number of rotatable bonds is 7. The van der Waals surface area contributed by atoms with Crippen molar-refractivity contribution in [2.75, 3.05) is 13.2 Å². The molecule has 0 spiro atoms. The number of carbonyl (C=O) groups is 1. The van der Waals surface area contributed by atoms with Crippen molar-refractivity contribution in [3.63, 3.8) is 0 Å². The highest BCUT2D eigenvalue weighted by molar-refractivity contribution is 7.73. The summed E-state index contributed by atoms with van der Waals surface area (Å²) in [7, 11) is -0.681. The zero-order chi connectivity index (χ0) is 24.9. The predicted molar refractivity (Wildman–Crippen MR) is 147 cm³/mol. The van der Waals surface area contributed by atoms with Crippen LogP contribution in [0.2, 0.25) is 0 Å². The smallest absolute Gasteiger partial charge is 0.410 e. The fourth-order valence-electron chi connectivity index (χ4n) is 4.92. The van der Waals surface area contributed by atoms with E-state index in [4.69, 9.17) is 14.5 Å². The number of hydrogen-bond donors (Lipinski definition) is 0. The molecule has 2 aliphatic rings. The highest BCUT2D eigenvalue weighted by Gasteiger charge is 2.45. The lowest BCUT2D eigenvalue weighted by Gasteiger charge is -2.25. The summed E-state index contributed by atoms with van der Waals surface area (Å²) < 4.78 is 11.9. The van der Waals surface area contributed by atoms with E-state index in [0.29, 0.717) is 25.0 Å². The summed E-state index contributed by atoms with van der Waals surface area (Å²) >= 11 is 0. The minimum absolute atomic E-state index is 0.131. The molecule has 2 aliphatic heterocycles. The maximum absolute atomic E-state index is 13.4. The highest BCUT2D eigenvalue weighted by Crippen LogP contribution is 2.46. The molecule has 0 unspecified atom stereocenters. The number of ether oxygens (including phenoxy) is 2. The van der Waals surface area contributed by atoms with Gasteiger partial charge in [-0.2, -0.15) is 0 Å². The predicted octanol–water partition coefficient (Wildman–Crippen LogP) is 5.35. The maximum atomic E-state index is 13.4. The molecule has 186 valence electrons. The second-order valence-electron chi connectivity index (χ2n) is 9.73. The zero-order valence-corrected chi connectivity index (χ0v) is 21.8. The van der Waals surface area contributed by atoms with E-state index in [0.717, 1.165) is 12.0 Å². The summed E-state index contributed by atoms with van der Waals surface area (Å²) in [6, 6.07) is 31.1. The number of benzene rings is 3. The molecular weight excluding hydrogens is 467 g/mol. The molecule has 6 heteroatoms. The lowest BCUT2D eigenvalue weighted by molar-refractivity contribution is 0.0966. The first-order chi connectivity index (χ1) is 17.6. The van der Waals surface area contributed by atoms with Crippen LogP contribution in [-0.4, -0.2) is 47.8 Å². The third-order valence-corrected chi connectivity index (χ3v) is 9.72. The van der Waals surface area contributed by atoms with Crippen LogP contribution < -0.4 is 10.6 Å². The lowest BCUT2D eigenvalue weighted by Crippen LogP contribution is -2.41. The Morgan fingerprint density at radius 2 is 1.56 bits per heavy atom. The maximum Gasteiger partial charge on any atom is 0.410 e. The summed E-state index contributed by atoms with van der Waals surface area (Å²) in [6.45, 7) is 5.76. The van der Waals surface area contributed by atoms with Gasteiger partial charge < -0.3 is 9.47 Å². The number of carbonyl (C=O) groups excluding carboxylic acids is 1. The van der Waals surface area contributed by atoms with Crippen molar-refractivity contribution in [1.29, 1.82) is 0 Å². The summed E-state index contributed by atoms with van der Waals surface area (Å²) in [5, 5.41) is 2.63. The van der Waals surface area contributed by atoms with E-state index < -0.39 is 7.92 Å². The van der Waals surface area contributed by atoms with Crippen LogP contribution in [0.5, 0.6) is 0 Å². The number of aliphatic imine (C=N–C) groups is 1. The number of nitrogens with zero attached hydrogens (tertiary/aromatic N) is 2. The molecule has 0 aromatic heterocycles. The van der Waals surface area contributed by atoms with Crippen LogP contribution >= 0.6 is 7.92 Å². The first kappa shape index (κ1) is 24.5. The van der Waals surface area contributed by atoms with E-state index >= 15 is 0 Å². The van der Waals surface area contributed by atoms with Gasteiger partial charge in [-0.05, 0) is 36.4 Å². The Balaban J connectivity index is 1.43. The average Bonchev–Trinajstić information content (AvgIpc) is 3.58. The van der Waals surface area contributed by atoms with E-state index in [9.17, 15) is 4.79 Å². The number of likely N-dealkylation sites (tertiary alicyclic amines) is 1. The summed E-state index contributed by atoms with van der Waals surface area (Å²) in [5.41, 5.74) is 1.24. The van der Waals surface area contributed by atoms with Gasteiger partial charge >= 0.3 is 6.09 Å². The minimum Gasteiger partial charge on any atom is -0.477 e. The van der Waals surface area contributed by atoms with E-state index in [1.54, 1.807) is 0 Å². The van der Waals surface area contributed by atoms with Crippen molar-refractivity contribution in [3.8, 4) is 0 Å². The molecule has 5 nitrogen and oxygen atoms in total. The fraction of sp³-hybridized carbons (Fsp3) is 0.333. The quantitative estimate of drug-likeness (QED) is 0.411. The van der Waals surface area contributed by atoms with Crippen molar-refractivity contribution in [2.45, 2.75) is 44.6 Å². The van der Waals surface area contributed by atoms with E-state index in [2.05, 4.69) is 74.5 Å².